The van der Waals surface area contributed by atoms with Gasteiger partial charge in [0.05, 0.1) is 0 Å². The van der Waals surface area contributed by atoms with Crippen molar-refractivity contribution in [2.45, 2.75) is 0 Å². The van der Waals surface area contributed by atoms with Gasteiger partial charge in [-0.1, -0.05) is 11.6 Å². The Balaban J connectivity index is 3.08. The number of carbonyl (C=O) groups is 1. The number of aromatic nitrogens is 1. The van der Waals surface area contributed by atoms with Crippen LogP contribution in [0.2, 0.25) is 5.15 Å². The molecule has 0 aromatic carbocycles. The van der Waals surface area contributed by atoms with E-state index in [4.69, 9.17) is 23.2 Å². The van der Waals surface area contributed by atoms with E-state index in [0.29, 0.717) is 0 Å². The first-order valence-corrected chi connectivity index (χ1v) is 3.45. The molecular formula is C6H7ClN4O. The number of carbonyl (C=O) groups excluding carboxylic acids is 1. The molecule has 64 valence electrons. The van der Waals surface area contributed by atoms with E-state index in [9.17, 15) is 4.79 Å². The number of anilines is 1. The molecule has 5 nitrogen and oxygen atoms in total. The summed E-state index contributed by atoms with van der Waals surface area (Å²) < 4.78 is 0. The Bertz CT molecular complexity index is 294. The highest BCUT2D eigenvalue weighted by Crippen LogP contribution is 2.11. The lowest BCUT2D eigenvalue weighted by Crippen LogP contribution is -2.30. The van der Waals surface area contributed by atoms with Gasteiger partial charge in [-0.2, -0.15) is 0 Å². The average Bonchev–Trinajstić information content (AvgIpc) is 2.01. The highest BCUT2D eigenvalue weighted by Gasteiger charge is 2.05. The first kappa shape index (κ1) is 8.76. The smallest absolute Gasteiger partial charge is 0.265 e. The number of hydrazine groups is 1. The molecule has 0 fully saturated rings. The molecule has 0 radical (unpaired) electrons. The molecule has 12 heavy (non-hydrogen) atoms. The zero-order valence-electron chi connectivity index (χ0n) is 6.04. The molecule has 1 amide bonds. The van der Waals surface area contributed by atoms with Crippen molar-refractivity contribution in [2.24, 2.45) is 5.84 Å². The van der Waals surface area contributed by atoms with Crippen molar-refractivity contribution >= 4 is 23.3 Å². The van der Waals surface area contributed by atoms with Crippen LogP contribution in [0.25, 0.3) is 0 Å². The Morgan fingerprint density at radius 1 is 1.58 bits per heavy atom. The summed E-state index contributed by atoms with van der Waals surface area (Å²) in [5, 5.41) is 0.161. The van der Waals surface area contributed by atoms with Crippen molar-refractivity contribution in [3.05, 3.63) is 22.8 Å². The second kappa shape index (κ2) is 3.38. The van der Waals surface area contributed by atoms with Gasteiger partial charge in [-0.05, 0) is 12.1 Å². The summed E-state index contributed by atoms with van der Waals surface area (Å²) in [5.74, 6) is 4.63. The summed E-state index contributed by atoms with van der Waals surface area (Å²) in [6, 6.07) is 2.76. The number of amides is 1. The van der Waals surface area contributed by atoms with Crippen LogP contribution in [0, 0.1) is 0 Å². The fraction of sp³-hybridized carbons (Fsp3) is 0. The number of nitrogens with zero attached hydrogens (tertiary/aromatic N) is 1. The van der Waals surface area contributed by atoms with Gasteiger partial charge < -0.3 is 5.73 Å². The van der Waals surface area contributed by atoms with Crippen LogP contribution in [-0.2, 0) is 0 Å². The van der Waals surface area contributed by atoms with Crippen LogP contribution >= 0.6 is 11.6 Å². The Labute approximate surface area is 73.7 Å². The third-order valence-corrected chi connectivity index (χ3v) is 1.40. The van der Waals surface area contributed by atoms with Crippen LogP contribution in [0.1, 0.15) is 10.4 Å². The molecule has 0 saturated heterocycles. The average molecular weight is 187 g/mol. The van der Waals surface area contributed by atoms with Crippen LogP contribution in [-0.4, -0.2) is 10.9 Å². The lowest BCUT2D eigenvalue weighted by molar-refractivity contribution is 0.0953. The Morgan fingerprint density at radius 3 is 2.75 bits per heavy atom. The lowest BCUT2D eigenvalue weighted by atomic mass is 10.2. The third-order valence-electron chi connectivity index (χ3n) is 1.21. The summed E-state index contributed by atoms with van der Waals surface area (Å²) in [6.07, 6.45) is 0. The number of halogens is 1. The Hall–Kier alpha value is -1.33. The van der Waals surface area contributed by atoms with Crippen LogP contribution < -0.4 is 17.0 Å². The molecule has 0 atom stereocenters. The Morgan fingerprint density at radius 2 is 2.25 bits per heavy atom. The van der Waals surface area contributed by atoms with E-state index in [0.717, 1.165) is 0 Å². The van der Waals surface area contributed by atoms with Gasteiger partial charge in [-0.25, -0.2) is 10.8 Å². The maximum absolute atomic E-state index is 10.9. The predicted molar refractivity (Wildman–Crippen MR) is 45.3 cm³/mol. The van der Waals surface area contributed by atoms with Crippen LogP contribution in [0.15, 0.2) is 12.1 Å². The molecule has 0 bridgehead atoms. The summed E-state index contributed by atoms with van der Waals surface area (Å²) in [6.45, 7) is 0. The van der Waals surface area contributed by atoms with Crippen molar-refractivity contribution in [3.63, 3.8) is 0 Å². The van der Waals surface area contributed by atoms with E-state index < -0.39 is 5.91 Å². The zero-order chi connectivity index (χ0) is 9.14. The molecular weight excluding hydrogens is 180 g/mol. The van der Waals surface area contributed by atoms with Crippen LogP contribution in [0.5, 0.6) is 0 Å². The van der Waals surface area contributed by atoms with Gasteiger partial charge in [0, 0.05) is 5.56 Å². The van der Waals surface area contributed by atoms with E-state index in [1.807, 2.05) is 5.43 Å². The standard InChI is InChI=1S/C6H7ClN4O/c7-4-1-3(6(12)11-9)2-5(8)10-4/h1-2H,9H2,(H2,8,10)(H,11,12). The van der Waals surface area contributed by atoms with Crippen LogP contribution in [0.3, 0.4) is 0 Å². The molecule has 0 aliphatic heterocycles. The fourth-order valence-electron chi connectivity index (χ4n) is 0.732. The van der Waals surface area contributed by atoms with Gasteiger partial charge in [0.2, 0.25) is 0 Å². The minimum atomic E-state index is -0.453. The number of pyridine rings is 1. The monoisotopic (exact) mass is 186 g/mol. The number of hydrogen-bond acceptors (Lipinski definition) is 4. The molecule has 0 saturated carbocycles. The minimum Gasteiger partial charge on any atom is -0.384 e. The normalized spacial score (nSPS) is 9.50. The van der Waals surface area contributed by atoms with Crippen LogP contribution in [0.4, 0.5) is 5.82 Å². The fourth-order valence-corrected chi connectivity index (χ4v) is 0.947. The number of nitrogens with two attached hydrogens (primary N) is 2. The number of nitrogen functional groups attached to an aromatic ring is 2. The van der Waals surface area contributed by atoms with E-state index in [2.05, 4.69) is 4.98 Å². The highest BCUT2D eigenvalue weighted by atomic mass is 35.5. The van der Waals surface area contributed by atoms with E-state index in [1.165, 1.54) is 12.1 Å². The molecule has 0 aliphatic rings. The first-order chi connectivity index (χ1) is 5.63. The maximum atomic E-state index is 10.9. The minimum absolute atomic E-state index is 0.161. The highest BCUT2D eigenvalue weighted by molar-refractivity contribution is 6.29. The molecule has 1 aromatic heterocycles. The SMILES string of the molecule is NNC(=O)c1cc(N)nc(Cl)c1. The van der Waals surface area contributed by atoms with E-state index in [-0.39, 0.29) is 16.5 Å². The predicted octanol–water partition coefficient (Wildman–Crippen LogP) is -0.0793. The van der Waals surface area contributed by atoms with Gasteiger partial charge >= 0.3 is 0 Å². The van der Waals surface area contributed by atoms with Crippen molar-refractivity contribution in [1.29, 1.82) is 0 Å². The lowest BCUT2D eigenvalue weighted by Gasteiger charge is -2.00. The van der Waals surface area contributed by atoms with Gasteiger partial charge in [-0.3, -0.25) is 10.2 Å². The van der Waals surface area contributed by atoms with Gasteiger partial charge in [-0.15, -0.1) is 0 Å². The summed E-state index contributed by atoms with van der Waals surface area (Å²) in [5.41, 5.74) is 7.58. The molecule has 1 rings (SSSR count). The molecule has 6 heteroatoms. The van der Waals surface area contributed by atoms with Crippen molar-refractivity contribution in [1.82, 2.24) is 10.4 Å². The zero-order valence-corrected chi connectivity index (χ0v) is 6.80. The maximum Gasteiger partial charge on any atom is 0.265 e. The quantitative estimate of drug-likeness (QED) is 0.248. The number of hydrogen-bond donors (Lipinski definition) is 3. The van der Waals surface area contributed by atoms with Crippen molar-refractivity contribution < 1.29 is 4.79 Å². The van der Waals surface area contributed by atoms with Gasteiger partial charge in [0.1, 0.15) is 11.0 Å². The second-order valence-corrected chi connectivity index (χ2v) is 2.46. The topological polar surface area (TPSA) is 94.0 Å². The molecule has 0 unspecified atom stereocenters. The first-order valence-electron chi connectivity index (χ1n) is 3.07. The summed E-state index contributed by atoms with van der Waals surface area (Å²) in [4.78, 5) is 14.6. The van der Waals surface area contributed by atoms with Gasteiger partial charge in [0.25, 0.3) is 5.91 Å². The second-order valence-electron chi connectivity index (χ2n) is 2.08. The van der Waals surface area contributed by atoms with Gasteiger partial charge in [0.15, 0.2) is 0 Å². The molecule has 1 aromatic rings. The Kier molecular flexibility index (Phi) is 2.47. The number of rotatable bonds is 1. The van der Waals surface area contributed by atoms with E-state index in [1.54, 1.807) is 0 Å². The molecule has 1 heterocycles. The third kappa shape index (κ3) is 1.84. The number of nitrogens with one attached hydrogen (secondary N) is 1. The van der Waals surface area contributed by atoms with Crippen molar-refractivity contribution in [2.75, 3.05) is 5.73 Å². The molecule has 5 N–H and O–H groups in total. The largest absolute Gasteiger partial charge is 0.384 e. The molecule has 0 spiro atoms. The van der Waals surface area contributed by atoms with E-state index >= 15 is 0 Å². The summed E-state index contributed by atoms with van der Waals surface area (Å²) >= 11 is 5.54. The van der Waals surface area contributed by atoms with Crippen molar-refractivity contribution in [3.8, 4) is 0 Å². The summed E-state index contributed by atoms with van der Waals surface area (Å²) in [7, 11) is 0. The molecule has 0 aliphatic carbocycles.